The minimum Gasteiger partial charge on any atom is -0.326 e. The molecule has 0 saturated carbocycles. The SMILES string of the molecule is CC(=O)Nc1ccc(S(=O)(=O)Cl)c(C)c1. The largest absolute Gasteiger partial charge is 0.326 e. The molecule has 1 rings (SSSR count). The van der Waals surface area contributed by atoms with E-state index in [1.165, 1.54) is 19.1 Å². The van der Waals surface area contributed by atoms with Gasteiger partial charge in [0.1, 0.15) is 0 Å². The Labute approximate surface area is 92.7 Å². The molecule has 6 heteroatoms. The highest BCUT2D eigenvalue weighted by Crippen LogP contribution is 2.22. The first kappa shape index (κ1) is 12.0. The Morgan fingerprint density at radius 2 is 2.00 bits per heavy atom. The van der Waals surface area contributed by atoms with Crippen LogP contribution < -0.4 is 5.32 Å². The van der Waals surface area contributed by atoms with Crippen molar-refractivity contribution in [2.45, 2.75) is 18.7 Å². The lowest BCUT2D eigenvalue weighted by Gasteiger charge is -2.06. The van der Waals surface area contributed by atoms with Crippen LogP contribution in [0.4, 0.5) is 5.69 Å². The molecule has 0 aliphatic heterocycles. The van der Waals surface area contributed by atoms with Gasteiger partial charge in [0.2, 0.25) is 5.91 Å². The predicted octanol–water partition coefficient (Wildman–Crippen LogP) is 1.88. The number of rotatable bonds is 2. The fourth-order valence-electron chi connectivity index (χ4n) is 1.20. The summed E-state index contributed by atoms with van der Waals surface area (Å²) in [6.45, 7) is 2.99. The first-order valence-corrected chi connectivity index (χ1v) is 6.44. The average molecular weight is 248 g/mol. The standard InChI is InChI=1S/C9H10ClNO3S/c1-6-5-8(11-7(2)12)3-4-9(6)15(10,13)14/h3-5H,1-2H3,(H,11,12). The number of hydrogen-bond donors (Lipinski definition) is 1. The van der Waals surface area contributed by atoms with Crippen molar-refractivity contribution in [3.63, 3.8) is 0 Å². The Kier molecular flexibility index (Phi) is 3.36. The molecule has 0 aromatic heterocycles. The molecule has 1 N–H and O–H groups in total. The minimum absolute atomic E-state index is 0.0540. The summed E-state index contributed by atoms with van der Waals surface area (Å²) in [7, 11) is 1.49. The van der Waals surface area contributed by atoms with Crippen LogP contribution >= 0.6 is 10.7 Å². The maximum atomic E-state index is 11.1. The Morgan fingerprint density at radius 1 is 1.40 bits per heavy atom. The van der Waals surface area contributed by atoms with Crippen LogP contribution in [0.5, 0.6) is 0 Å². The lowest BCUT2D eigenvalue weighted by atomic mass is 10.2. The number of halogens is 1. The normalized spacial score (nSPS) is 11.1. The van der Waals surface area contributed by atoms with E-state index < -0.39 is 9.05 Å². The quantitative estimate of drug-likeness (QED) is 0.812. The summed E-state index contributed by atoms with van der Waals surface area (Å²) >= 11 is 0. The minimum atomic E-state index is -3.72. The molecule has 0 spiro atoms. The zero-order valence-corrected chi connectivity index (χ0v) is 9.82. The van der Waals surface area contributed by atoms with Gasteiger partial charge in [0, 0.05) is 23.3 Å². The predicted molar refractivity (Wildman–Crippen MR) is 58.5 cm³/mol. The summed E-state index contributed by atoms with van der Waals surface area (Å²) < 4.78 is 22.1. The molecule has 0 bridgehead atoms. The summed E-state index contributed by atoms with van der Waals surface area (Å²) in [4.78, 5) is 10.8. The molecule has 0 fully saturated rings. The lowest BCUT2D eigenvalue weighted by Crippen LogP contribution is -2.06. The summed E-state index contributed by atoms with van der Waals surface area (Å²) in [5.74, 6) is -0.212. The zero-order valence-electron chi connectivity index (χ0n) is 8.24. The lowest BCUT2D eigenvalue weighted by molar-refractivity contribution is -0.114. The van der Waals surface area contributed by atoms with Gasteiger partial charge in [-0.2, -0.15) is 0 Å². The molecule has 15 heavy (non-hydrogen) atoms. The molecule has 1 aromatic rings. The Balaban J connectivity index is 3.15. The molecule has 0 heterocycles. The number of benzene rings is 1. The molecule has 0 atom stereocenters. The number of carbonyl (C=O) groups is 1. The second-order valence-electron chi connectivity index (χ2n) is 3.10. The fourth-order valence-corrected chi connectivity index (χ4v) is 2.40. The molecule has 0 aliphatic carbocycles. The second kappa shape index (κ2) is 4.20. The van der Waals surface area contributed by atoms with Gasteiger partial charge in [0.05, 0.1) is 4.90 Å². The summed E-state index contributed by atoms with van der Waals surface area (Å²) in [6, 6.07) is 4.41. The maximum Gasteiger partial charge on any atom is 0.261 e. The van der Waals surface area contributed by atoms with Crippen LogP contribution in [-0.2, 0) is 13.8 Å². The smallest absolute Gasteiger partial charge is 0.261 e. The van der Waals surface area contributed by atoms with Gasteiger partial charge in [0.15, 0.2) is 0 Å². The van der Waals surface area contributed by atoms with E-state index in [9.17, 15) is 13.2 Å². The van der Waals surface area contributed by atoms with Crippen LogP contribution in [0.2, 0.25) is 0 Å². The highest BCUT2D eigenvalue weighted by Gasteiger charge is 2.13. The topological polar surface area (TPSA) is 63.2 Å². The number of carbonyl (C=O) groups excluding carboxylic acids is 1. The van der Waals surface area contributed by atoms with E-state index in [1.54, 1.807) is 13.0 Å². The monoisotopic (exact) mass is 247 g/mol. The molecular weight excluding hydrogens is 238 g/mol. The third kappa shape index (κ3) is 3.21. The molecule has 1 amide bonds. The molecule has 0 saturated heterocycles. The van der Waals surface area contributed by atoms with Gasteiger partial charge in [-0.15, -0.1) is 0 Å². The van der Waals surface area contributed by atoms with Crippen molar-refractivity contribution in [1.29, 1.82) is 0 Å². The molecular formula is C9H10ClNO3S. The van der Waals surface area contributed by atoms with Gasteiger partial charge < -0.3 is 5.32 Å². The molecule has 0 aliphatic rings. The van der Waals surface area contributed by atoms with Crippen LogP contribution in [0.1, 0.15) is 12.5 Å². The Bertz CT molecular complexity index is 496. The highest BCUT2D eigenvalue weighted by molar-refractivity contribution is 8.13. The van der Waals surface area contributed by atoms with Gasteiger partial charge in [-0.3, -0.25) is 4.79 Å². The number of aryl methyl sites for hydroxylation is 1. The summed E-state index contributed by atoms with van der Waals surface area (Å²) in [6.07, 6.45) is 0. The van der Waals surface area contributed by atoms with E-state index in [0.717, 1.165) is 0 Å². The number of anilines is 1. The number of hydrogen-bond acceptors (Lipinski definition) is 3. The van der Waals surface area contributed by atoms with Crippen molar-refractivity contribution in [2.75, 3.05) is 5.32 Å². The zero-order chi connectivity index (χ0) is 11.6. The van der Waals surface area contributed by atoms with E-state index >= 15 is 0 Å². The number of nitrogens with one attached hydrogen (secondary N) is 1. The number of amides is 1. The van der Waals surface area contributed by atoms with Crippen LogP contribution in [0, 0.1) is 6.92 Å². The second-order valence-corrected chi connectivity index (χ2v) is 5.63. The fraction of sp³-hybridized carbons (Fsp3) is 0.222. The van der Waals surface area contributed by atoms with Crippen molar-refractivity contribution in [2.24, 2.45) is 0 Å². The molecule has 4 nitrogen and oxygen atoms in total. The molecule has 1 aromatic carbocycles. The third-order valence-corrected chi connectivity index (χ3v) is 3.24. The van der Waals surface area contributed by atoms with Gasteiger partial charge in [-0.25, -0.2) is 8.42 Å². The van der Waals surface area contributed by atoms with Crippen molar-refractivity contribution in [3.8, 4) is 0 Å². The first-order valence-electron chi connectivity index (χ1n) is 4.13. The van der Waals surface area contributed by atoms with E-state index in [1.807, 2.05) is 0 Å². The van der Waals surface area contributed by atoms with Crippen molar-refractivity contribution in [1.82, 2.24) is 0 Å². The molecule has 0 unspecified atom stereocenters. The van der Waals surface area contributed by atoms with Crippen molar-refractivity contribution < 1.29 is 13.2 Å². The van der Waals surface area contributed by atoms with Crippen LogP contribution in [-0.4, -0.2) is 14.3 Å². The van der Waals surface area contributed by atoms with E-state index in [4.69, 9.17) is 10.7 Å². The van der Waals surface area contributed by atoms with E-state index in [-0.39, 0.29) is 10.8 Å². The summed E-state index contributed by atoms with van der Waals surface area (Å²) in [5.41, 5.74) is 1.04. The summed E-state index contributed by atoms with van der Waals surface area (Å²) in [5, 5.41) is 2.55. The van der Waals surface area contributed by atoms with Gasteiger partial charge in [0.25, 0.3) is 9.05 Å². The van der Waals surface area contributed by atoms with Crippen LogP contribution in [0.3, 0.4) is 0 Å². The van der Waals surface area contributed by atoms with Crippen molar-refractivity contribution >= 4 is 31.3 Å². The van der Waals surface area contributed by atoms with E-state index in [0.29, 0.717) is 11.3 Å². The molecule has 82 valence electrons. The average Bonchev–Trinajstić information content (AvgIpc) is 1.99. The van der Waals surface area contributed by atoms with Crippen LogP contribution in [0.25, 0.3) is 0 Å². The third-order valence-electron chi connectivity index (χ3n) is 1.76. The first-order chi connectivity index (χ1) is 6.80. The van der Waals surface area contributed by atoms with Gasteiger partial charge in [-0.1, -0.05) is 0 Å². The Hall–Kier alpha value is -1.07. The van der Waals surface area contributed by atoms with Gasteiger partial charge in [-0.05, 0) is 30.7 Å². The Morgan fingerprint density at radius 3 is 2.40 bits per heavy atom. The highest BCUT2D eigenvalue weighted by atomic mass is 35.7. The van der Waals surface area contributed by atoms with E-state index in [2.05, 4.69) is 5.32 Å². The molecule has 0 radical (unpaired) electrons. The van der Waals surface area contributed by atoms with Crippen LogP contribution in [0.15, 0.2) is 23.1 Å². The van der Waals surface area contributed by atoms with Gasteiger partial charge >= 0.3 is 0 Å². The van der Waals surface area contributed by atoms with Crippen molar-refractivity contribution in [3.05, 3.63) is 23.8 Å². The maximum absolute atomic E-state index is 11.1.